The standard InChI is InChI=1S/C30H46N4O/c1-5-9-21-32(22-10-6-2)27-15-13-26(14-16-27)30-25-31-34(35-30)29-19-17-28(18-20-29)33(23-11-7-3)24-12-8-4/h13-20,25,31H,5-12,21-24H2,1-4H3. The highest BCUT2D eigenvalue weighted by Gasteiger charge is 2.19. The van der Waals surface area contributed by atoms with Crippen LogP contribution in [0.1, 0.15) is 84.6 Å². The van der Waals surface area contributed by atoms with Crippen molar-refractivity contribution in [3.8, 4) is 0 Å². The molecule has 0 bridgehead atoms. The minimum absolute atomic E-state index is 0.835. The Morgan fingerprint density at radius 2 is 1.06 bits per heavy atom. The summed E-state index contributed by atoms with van der Waals surface area (Å²) >= 11 is 0. The minimum Gasteiger partial charge on any atom is -0.372 e. The summed E-state index contributed by atoms with van der Waals surface area (Å²) in [7, 11) is 0. The topological polar surface area (TPSA) is 31.0 Å². The molecular weight excluding hydrogens is 432 g/mol. The number of hydrogen-bond acceptors (Lipinski definition) is 5. The van der Waals surface area contributed by atoms with Crippen molar-refractivity contribution < 1.29 is 4.84 Å². The van der Waals surface area contributed by atoms with Crippen molar-refractivity contribution >= 4 is 22.8 Å². The van der Waals surface area contributed by atoms with E-state index in [4.69, 9.17) is 4.84 Å². The van der Waals surface area contributed by atoms with Crippen molar-refractivity contribution in [2.45, 2.75) is 79.1 Å². The van der Waals surface area contributed by atoms with Crippen molar-refractivity contribution in [3.05, 3.63) is 60.3 Å². The van der Waals surface area contributed by atoms with Crippen LogP contribution >= 0.6 is 0 Å². The van der Waals surface area contributed by atoms with Gasteiger partial charge in [0.05, 0.1) is 11.9 Å². The Kier molecular flexibility index (Phi) is 11.1. The van der Waals surface area contributed by atoms with Gasteiger partial charge in [0.25, 0.3) is 0 Å². The second-order valence-electron chi connectivity index (χ2n) is 9.47. The van der Waals surface area contributed by atoms with E-state index in [1.807, 2.05) is 6.20 Å². The molecule has 2 aromatic carbocycles. The van der Waals surface area contributed by atoms with Crippen LogP contribution in [0.15, 0.2) is 54.7 Å². The summed E-state index contributed by atoms with van der Waals surface area (Å²) in [6, 6.07) is 17.5. The Hall–Kier alpha value is -2.82. The zero-order valence-electron chi connectivity index (χ0n) is 22.4. The van der Waals surface area contributed by atoms with Crippen LogP contribution in [0, 0.1) is 0 Å². The molecule has 0 aromatic heterocycles. The molecule has 5 heteroatoms. The predicted octanol–water partition coefficient (Wildman–Crippen LogP) is 7.75. The summed E-state index contributed by atoms with van der Waals surface area (Å²) in [6.45, 7) is 13.5. The Morgan fingerprint density at radius 3 is 1.49 bits per heavy atom. The van der Waals surface area contributed by atoms with Crippen molar-refractivity contribution in [1.29, 1.82) is 0 Å². The Morgan fingerprint density at radius 1 is 0.629 bits per heavy atom. The summed E-state index contributed by atoms with van der Waals surface area (Å²) in [6.07, 6.45) is 11.7. The van der Waals surface area contributed by atoms with E-state index in [1.54, 1.807) is 5.17 Å². The summed E-state index contributed by atoms with van der Waals surface area (Å²) < 4.78 is 0. The summed E-state index contributed by atoms with van der Waals surface area (Å²) in [5, 5.41) is 1.74. The molecule has 1 heterocycles. The van der Waals surface area contributed by atoms with E-state index in [-0.39, 0.29) is 0 Å². The van der Waals surface area contributed by atoms with Crippen LogP contribution in [0.2, 0.25) is 0 Å². The summed E-state index contributed by atoms with van der Waals surface area (Å²) in [5.74, 6) is 0.835. The number of hydrazine groups is 1. The van der Waals surface area contributed by atoms with Crippen LogP contribution in [0.5, 0.6) is 0 Å². The average Bonchev–Trinajstić information content (AvgIpc) is 3.40. The van der Waals surface area contributed by atoms with Crippen molar-refractivity contribution in [1.82, 2.24) is 5.43 Å². The fraction of sp³-hybridized carbons (Fsp3) is 0.533. The van der Waals surface area contributed by atoms with E-state index in [1.165, 1.54) is 62.7 Å². The maximum atomic E-state index is 6.15. The second kappa shape index (κ2) is 14.6. The lowest BCUT2D eigenvalue weighted by Crippen LogP contribution is -2.28. The number of rotatable bonds is 16. The number of unbranched alkanes of at least 4 members (excludes halogenated alkanes) is 4. The van der Waals surface area contributed by atoms with Gasteiger partial charge in [0.2, 0.25) is 0 Å². The first-order valence-electron chi connectivity index (χ1n) is 13.8. The monoisotopic (exact) mass is 478 g/mol. The molecule has 5 nitrogen and oxygen atoms in total. The normalized spacial score (nSPS) is 12.8. The van der Waals surface area contributed by atoms with Crippen LogP contribution < -0.4 is 20.4 Å². The largest absolute Gasteiger partial charge is 0.372 e. The third kappa shape index (κ3) is 7.84. The lowest BCUT2D eigenvalue weighted by molar-refractivity contribution is 0.243. The summed E-state index contributed by atoms with van der Waals surface area (Å²) in [4.78, 5) is 11.2. The second-order valence-corrected chi connectivity index (χ2v) is 9.47. The average molecular weight is 479 g/mol. The van der Waals surface area contributed by atoms with Crippen LogP contribution in [-0.4, -0.2) is 26.2 Å². The molecule has 0 saturated heterocycles. The molecule has 0 fully saturated rings. The molecule has 0 aliphatic carbocycles. The molecule has 0 spiro atoms. The zero-order valence-corrected chi connectivity index (χ0v) is 22.4. The van der Waals surface area contributed by atoms with E-state index < -0.39 is 0 Å². The molecule has 2 aromatic rings. The lowest BCUT2D eigenvalue weighted by atomic mass is 10.1. The van der Waals surface area contributed by atoms with Crippen LogP contribution in [-0.2, 0) is 4.84 Å². The van der Waals surface area contributed by atoms with Gasteiger partial charge in [-0.15, -0.1) is 5.17 Å². The van der Waals surface area contributed by atoms with Gasteiger partial charge in [0.15, 0.2) is 5.76 Å². The first-order chi connectivity index (χ1) is 17.2. The highest BCUT2D eigenvalue weighted by Crippen LogP contribution is 2.28. The van der Waals surface area contributed by atoms with Gasteiger partial charge in [-0.1, -0.05) is 53.4 Å². The van der Waals surface area contributed by atoms with Gasteiger partial charge in [-0.2, -0.15) is 0 Å². The van der Waals surface area contributed by atoms with Gasteiger partial charge in [-0.25, -0.2) is 0 Å². The lowest BCUT2D eigenvalue weighted by Gasteiger charge is -2.26. The quantitative estimate of drug-likeness (QED) is 0.266. The van der Waals surface area contributed by atoms with E-state index >= 15 is 0 Å². The van der Waals surface area contributed by atoms with Gasteiger partial charge in [-0.05, 0) is 74.2 Å². The van der Waals surface area contributed by atoms with Crippen LogP contribution in [0.4, 0.5) is 17.1 Å². The first-order valence-corrected chi connectivity index (χ1v) is 13.8. The molecule has 0 amide bonds. The number of benzene rings is 2. The van der Waals surface area contributed by atoms with E-state index in [2.05, 4.69) is 91.5 Å². The molecule has 0 unspecified atom stereocenters. The molecule has 0 saturated carbocycles. The maximum absolute atomic E-state index is 6.15. The van der Waals surface area contributed by atoms with Crippen molar-refractivity contribution in [2.75, 3.05) is 41.2 Å². The zero-order chi connectivity index (χ0) is 24.9. The Balaban J connectivity index is 1.61. The third-order valence-corrected chi connectivity index (χ3v) is 6.60. The number of anilines is 3. The highest BCUT2D eigenvalue weighted by atomic mass is 16.7. The molecule has 1 aliphatic heterocycles. The summed E-state index contributed by atoms with van der Waals surface area (Å²) in [5.41, 5.74) is 7.91. The molecule has 0 atom stereocenters. The molecule has 192 valence electrons. The molecule has 35 heavy (non-hydrogen) atoms. The fourth-order valence-electron chi connectivity index (χ4n) is 4.30. The number of nitrogens with zero attached hydrogens (tertiary/aromatic N) is 3. The van der Waals surface area contributed by atoms with E-state index in [0.29, 0.717) is 0 Å². The smallest absolute Gasteiger partial charge is 0.182 e. The van der Waals surface area contributed by atoms with Gasteiger partial charge >= 0.3 is 0 Å². The van der Waals surface area contributed by atoms with Gasteiger partial charge < -0.3 is 14.6 Å². The predicted molar refractivity (Wildman–Crippen MR) is 152 cm³/mol. The van der Waals surface area contributed by atoms with Crippen LogP contribution in [0.3, 0.4) is 0 Å². The Labute approximate surface area is 213 Å². The molecule has 1 N–H and O–H groups in total. The molecule has 3 rings (SSSR count). The minimum atomic E-state index is 0.835. The Bertz CT molecular complexity index is 862. The van der Waals surface area contributed by atoms with Gasteiger partial charge in [0.1, 0.15) is 0 Å². The van der Waals surface area contributed by atoms with Crippen LogP contribution in [0.25, 0.3) is 5.76 Å². The SMILES string of the molecule is CCCCN(CCCC)c1ccc(C2=CNN(c3ccc(N(CCCC)CCCC)cc3)O2)cc1. The maximum Gasteiger partial charge on any atom is 0.182 e. The molecule has 1 aliphatic rings. The van der Waals surface area contributed by atoms with Gasteiger partial charge in [-0.3, -0.25) is 5.43 Å². The van der Waals surface area contributed by atoms with Crippen molar-refractivity contribution in [2.24, 2.45) is 0 Å². The fourth-order valence-corrected chi connectivity index (χ4v) is 4.30. The molecule has 0 radical (unpaired) electrons. The number of nitrogens with one attached hydrogen (secondary N) is 1. The van der Waals surface area contributed by atoms with Crippen molar-refractivity contribution in [3.63, 3.8) is 0 Å². The third-order valence-electron chi connectivity index (χ3n) is 6.60. The highest BCUT2D eigenvalue weighted by molar-refractivity contribution is 5.66. The number of hydrogen-bond donors (Lipinski definition) is 1. The van der Waals surface area contributed by atoms with E-state index in [9.17, 15) is 0 Å². The van der Waals surface area contributed by atoms with E-state index in [0.717, 1.165) is 43.2 Å². The van der Waals surface area contributed by atoms with Gasteiger partial charge in [0, 0.05) is 43.1 Å². The molecular formula is C30H46N4O. The first kappa shape index (κ1) is 26.8.